The first kappa shape index (κ1) is 18.4. The van der Waals surface area contributed by atoms with Gasteiger partial charge in [-0.2, -0.15) is 0 Å². The van der Waals surface area contributed by atoms with Crippen LogP contribution < -0.4 is 0 Å². The highest BCUT2D eigenvalue weighted by Crippen LogP contribution is 2.34. The smallest absolute Gasteiger partial charge is 0.224 e. The maximum atomic E-state index is 13.3. The summed E-state index contributed by atoms with van der Waals surface area (Å²) in [7, 11) is -3.82. The zero-order valence-corrected chi connectivity index (χ0v) is 16.3. The van der Waals surface area contributed by atoms with Crippen LogP contribution in [0.25, 0.3) is 11.0 Å². The first-order valence-corrected chi connectivity index (χ1v) is 10.5. The fraction of sp³-hybridized carbons (Fsp3) is 0.316. The Kier molecular flexibility index (Phi) is 4.94. The van der Waals surface area contributed by atoms with Crippen molar-refractivity contribution in [2.24, 2.45) is 0 Å². The summed E-state index contributed by atoms with van der Waals surface area (Å²) in [5.41, 5.74) is 1.92. The molecule has 0 aliphatic carbocycles. The van der Waals surface area contributed by atoms with Crippen molar-refractivity contribution in [1.29, 1.82) is 0 Å². The van der Waals surface area contributed by atoms with Crippen molar-refractivity contribution in [3.63, 3.8) is 0 Å². The molecule has 1 aliphatic heterocycles. The molecule has 3 heterocycles. The van der Waals surface area contributed by atoms with Crippen molar-refractivity contribution in [3.05, 3.63) is 52.7 Å². The van der Waals surface area contributed by atoms with Gasteiger partial charge in [-0.25, -0.2) is 13.4 Å². The number of aryl methyl sites for hydroxylation is 1. The summed E-state index contributed by atoms with van der Waals surface area (Å²) in [6.45, 7) is 2.99. The number of rotatable bonds is 5. The predicted octanol–water partition coefficient (Wildman–Crippen LogP) is 3.66. The normalized spacial score (nSPS) is 15.6. The van der Waals surface area contributed by atoms with E-state index < -0.39 is 9.84 Å². The second-order valence-corrected chi connectivity index (χ2v) is 8.72. The Morgan fingerprint density at radius 3 is 2.59 bits per heavy atom. The zero-order chi connectivity index (χ0) is 19.0. The summed E-state index contributed by atoms with van der Waals surface area (Å²) in [6, 6.07) is 8.50. The van der Waals surface area contributed by atoms with Gasteiger partial charge in [-0.1, -0.05) is 29.3 Å². The van der Waals surface area contributed by atoms with Crippen molar-refractivity contribution in [2.45, 2.75) is 36.0 Å². The van der Waals surface area contributed by atoms with Gasteiger partial charge in [-0.05, 0) is 31.5 Å². The Hall–Kier alpha value is -1.93. The van der Waals surface area contributed by atoms with Crippen LogP contribution in [0.15, 0.2) is 46.5 Å². The molecule has 0 unspecified atom stereocenters. The molecule has 0 bridgehead atoms. The minimum atomic E-state index is -3.82. The van der Waals surface area contributed by atoms with E-state index in [1.807, 2.05) is 6.92 Å². The molecule has 6 nitrogen and oxygen atoms in total. The third kappa shape index (κ3) is 3.48. The highest BCUT2D eigenvalue weighted by molar-refractivity contribution is 7.91. The summed E-state index contributed by atoms with van der Waals surface area (Å²) in [6.07, 6.45) is 2.24. The highest BCUT2D eigenvalue weighted by Gasteiger charge is 2.28. The van der Waals surface area contributed by atoms with Crippen molar-refractivity contribution in [2.75, 3.05) is 13.2 Å². The van der Waals surface area contributed by atoms with E-state index in [9.17, 15) is 8.42 Å². The Morgan fingerprint density at radius 1 is 1.19 bits per heavy atom. The van der Waals surface area contributed by atoms with Crippen molar-refractivity contribution in [3.8, 4) is 0 Å². The van der Waals surface area contributed by atoms with Gasteiger partial charge in [0.1, 0.15) is 5.65 Å². The standard InChI is InChI=1S/C19H19ClN2O4S/c1-12-2-4-13(5-3-12)27(23,24)19-15(6-7-16-25-10-11-26-16)17(20)14-8-9-21-18(14)22-19/h2-5,8-9,16H,6-7,10-11H2,1H3,(H,21,22). The third-order valence-electron chi connectivity index (χ3n) is 4.60. The number of halogens is 1. The van der Waals surface area contributed by atoms with Gasteiger partial charge in [0, 0.05) is 23.6 Å². The highest BCUT2D eigenvalue weighted by atomic mass is 35.5. The molecule has 0 radical (unpaired) electrons. The number of nitrogens with zero attached hydrogens (tertiary/aromatic N) is 1. The summed E-state index contributed by atoms with van der Waals surface area (Å²) in [5, 5.41) is 1.07. The number of fused-ring (bicyclic) bond motifs is 1. The van der Waals surface area contributed by atoms with Gasteiger partial charge in [0.15, 0.2) is 11.3 Å². The van der Waals surface area contributed by atoms with E-state index in [1.165, 1.54) is 0 Å². The molecule has 1 fully saturated rings. The molecule has 1 N–H and O–H groups in total. The van der Waals surface area contributed by atoms with Gasteiger partial charge in [-0.15, -0.1) is 0 Å². The van der Waals surface area contributed by atoms with Crippen LogP contribution in [-0.2, 0) is 25.7 Å². The molecule has 0 amide bonds. The number of hydrogen-bond acceptors (Lipinski definition) is 5. The van der Waals surface area contributed by atoms with E-state index in [1.54, 1.807) is 36.5 Å². The molecule has 142 valence electrons. The fourth-order valence-corrected chi connectivity index (χ4v) is 5.01. The van der Waals surface area contributed by atoms with E-state index in [0.29, 0.717) is 47.7 Å². The summed E-state index contributed by atoms with van der Waals surface area (Å²) in [4.78, 5) is 7.54. The first-order valence-electron chi connectivity index (χ1n) is 8.67. The molecule has 0 atom stereocenters. The number of sulfone groups is 1. The van der Waals surface area contributed by atoms with Crippen LogP contribution in [-0.4, -0.2) is 37.9 Å². The molecule has 0 saturated carbocycles. The lowest BCUT2D eigenvalue weighted by Gasteiger charge is -2.14. The van der Waals surface area contributed by atoms with E-state index in [4.69, 9.17) is 21.1 Å². The third-order valence-corrected chi connectivity index (χ3v) is 6.78. The van der Waals surface area contributed by atoms with Crippen LogP contribution in [0.2, 0.25) is 5.02 Å². The summed E-state index contributed by atoms with van der Waals surface area (Å²) >= 11 is 6.59. The molecule has 1 aliphatic rings. The maximum absolute atomic E-state index is 13.3. The largest absolute Gasteiger partial charge is 0.350 e. The first-order chi connectivity index (χ1) is 13.0. The number of aromatic nitrogens is 2. The summed E-state index contributed by atoms with van der Waals surface area (Å²) < 4.78 is 37.5. The second kappa shape index (κ2) is 7.24. The van der Waals surface area contributed by atoms with Crippen LogP contribution in [0.4, 0.5) is 0 Å². The second-order valence-electron chi connectivity index (χ2n) is 6.48. The topological polar surface area (TPSA) is 81.3 Å². The van der Waals surface area contributed by atoms with Crippen LogP contribution >= 0.6 is 11.6 Å². The average Bonchev–Trinajstić information content (AvgIpc) is 3.33. The van der Waals surface area contributed by atoms with Crippen molar-refractivity contribution >= 4 is 32.5 Å². The number of nitrogens with one attached hydrogen (secondary N) is 1. The molecule has 27 heavy (non-hydrogen) atoms. The minimum absolute atomic E-state index is 0.0238. The van der Waals surface area contributed by atoms with E-state index >= 15 is 0 Å². The van der Waals surface area contributed by atoms with Crippen LogP contribution in [0.3, 0.4) is 0 Å². The average molecular weight is 407 g/mol. The molecular formula is C19H19ClN2O4S. The van der Waals surface area contributed by atoms with Gasteiger partial charge in [-0.3, -0.25) is 0 Å². The van der Waals surface area contributed by atoms with Crippen LogP contribution in [0, 0.1) is 6.92 Å². The molecule has 2 aromatic heterocycles. The Bertz CT molecular complexity index is 1070. The number of pyridine rings is 1. The maximum Gasteiger partial charge on any atom is 0.224 e. The van der Waals surface area contributed by atoms with Gasteiger partial charge in [0.2, 0.25) is 9.84 Å². The molecule has 4 rings (SSSR count). The molecule has 1 aromatic carbocycles. The van der Waals surface area contributed by atoms with Crippen molar-refractivity contribution < 1.29 is 17.9 Å². The minimum Gasteiger partial charge on any atom is -0.350 e. The predicted molar refractivity (Wildman–Crippen MR) is 102 cm³/mol. The number of ether oxygens (including phenoxy) is 2. The number of hydrogen-bond donors (Lipinski definition) is 1. The van der Waals surface area contributed by atoms with Gasteiger partial charge in [0.05, 0.1) is 23.1 Å². The van der Waals surface area contributed by atoms with Gasteiger partial charge >= 0.3 is 0 Å². The van der Waals surface area contributed by atoms with Gasteiger partial charge in [0.25, 0.3) is 0 Å². The van der Waals surface area contributed by atoms with E-state index in [2.05, 4.69) is 9.97 Å². The molecule has 3 aromatic rings. The Morgan fingerprint density at radius 2 is 1.89 bits per heavy atom. The fourth-order valence-electron chi connectivity index (χ4n) is 3.16. The van der Waals surface area contributed by atoms with E-state index in [0.717, 1.165) is 5.56 Å². The number of benzene rings is 1. The molecule has 0 spiro atoms. The van der Waals surface area contributed by atoms with Crippen LogP contribution in [0.5, 0.6) is 0 Å². The van der Waals surface area contributed by atoms with Crippen LogP contribution in [0.1, 0.15) is 17.5 Å². The lowest BCUT2D eigenvalue weighted by Crippen LogP contribution is -2.13. The van der Waals surface area contributed by atoms with E-state index in [-0.39, 0.29) is 16.2 Å². The lowest BCUT2D eigenvalue weighted by atomic mass is 10.1. The zero-order valence-electron chi connectivity index (χ0n) is 14.7. The number of aromatic amines is 1. The van der Waals surface area contributed by atoms with Crippen molar-refractivity contribution in [1.82, 2.24) is 9.97 Å². The SMILES string of the molecule is Cc1ccc(S(=O)(=O)c2nc3[nH]ccc3c(Cl)c2CCC2OCCO2)cc1. The summed E-state index contributed by atoms with van der Waals surface area (Å²) in [5.74, 6) is 0. The molecule has 8 heteroatoms. The lowest BCUT2D eigenvalue weighted by molar-refractivity contribution is -0.0463. The van der Waals surface area contributed by atoms with Gasteiger partial charge < -0.3 is 14.5 Å². The quantitative estimate of drug-likeness (QED) is 0.699. The monoisotopic (exact) mass is 406 g/mol. The Balaban J connectivity index is 1.82. The Labute approximate surface area is 162 Å². The number of H-pyrrole nitrogens is 1. The molecule has 1 saturated heterocycles. The molecular weight excluding hydrogens is 388 g/mol.